The van der Waals surface area contributed by atoms with Gasteiger partial charge in [0.1, 0.15) is 6.10 Å². The minimum atomic E-state index is -0.258. The standard InChI is InChI=1S/C17H24O3/c1-13(2)6-5-7-14(3)10-17(20-15(4)18)11-16-8-9-19-12-16/h6,8-10,12,17H,5,7,11H2,1-4H3/b14-10+/t17-/m0/s1. The highest BCUT2D eigenvalue weighted by atomic mass is 16.5. The van der Waals surface area contributed by atoms with Crippen molar-refractivity contribution in [3.63, 3.8) is 0 Å². The highest BCUT2D eigenvalue weighted by molar-refractivity contribution is 5.66. The lowest BCUT2D eigenvalue weighted by atomic mass is 10.1. The number of esters is 1. The Balaban J connectivity index is 2.62. The Kier molecular flexibility index (Phi) is 6.85. The average molecular weight is 276 g/mol. The van der Waals surface area contributed by atoms with Gasteiger partial charge in [0.2, 0.25) is 0 Å². The van der Waals surface area contributed by atoms with E-state index in [0.29, 0.717) is 6.42 Å². The molecule has 0 aromatic carbocycles. The van der Waals surface area contributed by atoms with E-state index in [9.17, 15) is 4.79 Å². The molecule has 0 aliphatic carbocycles. The van der Waals surface area contributed by atoms with Gasteiger partial charge < -0.3 is 9.15 Å². The zero-order valence-electron chi connectivity index (χ0n) is 12.8. The molecular formula is C17H24O3. The predicted molar refractivity (Wildman–Crippen MR) is 80.4 cm³/mol. The molecule has 3 heteroatoms. The Labute approximate surface area is 121 Å². The van der Waals surface area contributed by atoms with Crippen molar-refractivity contribution in [2.45, 2.75) is 53.1 Å². The molecule has 110 valence electrons. The molecule has 0 spiro atoms. The lowest BCUT2D eigenvalue weighted by Gasteiger charge is -2.13. The van der Waals surface area contributed by atoms with Crippen LogP contribution in [0.15, 0.2) is 46.3 Å². The average Bonchev–Trinajstić information content (AvgIpc) is 2.80. The van der Waals surface area contributed by atoms with E-state index in [1.807, 2.05) is 12.1 Å². The minimum Gasteiger partial charge on any atom is -0.472 e. The first-order valence-electron chi connectivity index (χ1n) is 6.96. The van der Waals surface area contributed by atoms with Crippen LogP contribution in [-0.4, -0.2) is 12.1 Å². The zero-order chi connectivity index (χ0) is 15.0. The van der Waals surface area contributed by atoms with Crippen molar-refractivity contribution >= 4 is 5.97 Å². The van der Waals surface area contributed by atoms with E-state index in [1.54, 1.807) is 12.5 Å². The largest absolute Gasteiger partial charge is 0.472 e. The number of rotatable bonds is 7. The van der Waals surface area contributed by atoms with E-state index in [4.69, 9.17) is 9.15 Å². The fourth-order valence-electron chi connectivity index (χ4n) is 1.98. The number of allylic oxidation sites excluding steroid dienone is 3. The van der Waals surface area contributed by atoms with Gasteiger partial charge >= 0.3 is 5.97 Å². The molecule has 0 unspecified atom stereocenters. The summed E-state index contributed by atoms with van der Waals surface area (Å²) in [5.41, 5.74) is 3.59. The maximum absolute atomic E-state index is 11.2. The molecule has 0 saturated heterocycles. The first-order valence-corrected chi connectivity index (χ1v) is 6.96. The minimum absolute atomic E-state index is 0.225. The van der Waals surface area contributed by atoms with Gasteiger partial charge in [0.15, 0.2) is 0 Å². The number of hydrogen-bond acceptors (Lipinski definition) is 3. The van der Waals surface area contributed by atoms with Gasteiger partial charge in [-0.05, 0) is 51.3 Å². The quantitative estimate of drug-likeness (QED) is 0.545. The molecule has 0 aliphatic heterocycles. The van der Waals surface area contributed by atoms with Crippen LogP contribution >= 0.6 is 0 Å². The van der Waals surface area contributed by atoms with Crippen molar-refractivity contribution in [2.24, 2.45) is 0 Å². The van der Waals surface area contributed by atoms with Crippen LogP contribution in [0.4, 0.5) is 0 Å². The normalized spacial score (nSPS) is 12.9. The number of furan rings is 1. The molecular weight excluding hydrogens is 252 g/mol. The second kappa shape index (κ2) is 8.41. The molecule has 0 saturated carbocycles. The predicted octanol–water partition coefficient (Wildman–Crippen LogP) is 4.45. The van der Waals surface area contributed by atoms with E-state index in [-0.39, 0.29) is 12.1 Å². The second-order valence-corrected chi connectivity index (χ2v) is 5.32. The van der Waals surface area contributed by atoms with Gasteiger partial charge in [0.05, 0.1) is 12.5 Å². The monoisotopic (exact) mass is 276 g/mol. The van der Waals surface area contributed by atoms with Crippen LogP contribution in [0.5, 0.6) is 0 Å². The van der Waals surface area contributed by atoms with Gasteiger partial charge in [-0.1, -0.05) is 17.2 Å². The molecule has 1 heterocycles. The van der Waals surface area contributed by atoms with Crippen molar-refractivity contribution in [3.05, 3.63) is 47.5 Å². The Morgan fingerprint density at radius 2 is 2.10 bits per heavy atom. The number of carbonyl (C=O) groups excluding carboxylic acids is 1. The summed E-state index contributed by atoms with van der Waals surface area (Å²) in [6.45, 7) is 7.71. The van der Waals surface area contributed by atoms with Crippen LogP contribution in [0, 0.1) is 0 Å². The molecule has 0 N–H and O–H groups in total. The summed E-state index contributed by atoms with van der Waals surface area (Å²) in [4.78, 5) is 11.2. The van der Waals surface area contributed by atoms with Gasteiger partial charge in [0, 0.05) is 13.3 Å². The summed E-state index contributed by atoms with van der Waals surface area (Å²) in [7, 11) is 0. The van der Waals surface area contributed by atoms with Crippen molar-refractivity contribution in [1.29, 1.82) is 0 Å². The maximum atomic E-state index is 11.2. The van der Waals surface area contributed by atoms with Crippen LogP contribution < -0.4 is 0 Å². The third-order valence-electron chi connectivity index (χ3n) is 2.90. The first-order chi connectivity index (χ1) is 9.47. The Morgan fingerprint density at radius 1 is 1.35 bits per heavy atom. The summed E-state index contributed by atoms with van der Waals surface area (Å²) in [6, 6.07) is 1.89. The SMILES string of the molecule is CC(=O)O[C@@H](/C=C(\C)CCC=C(C)C)Cc1ccoc1. The van der Waals surface area contributed by atoms with Crippen LogP contribution in [0.25, 0.3) is 0 Å². The molecule has 1 aromatic heterocycles. The summed E-state index contributed by atoms with van der Waals surface area (Å²) < 4.78 is 10.4. The lowest BCUT2D eigenvalue weighted by molar-refractivity contribution is -0.144. The summed E-state index contributed by atoms with van der Waals surface area (Å²) in [5.74, 6) is -0.258. The molecule has 0 fully saturated rings. The first kappa shape index (κ1) is 16.3. The Morgan fingerprint density at radius 3 is 2.65 bits per heavy atom. The zero-order valence-corrected chi connectivity index (χ0v) is 12.8. The highest BCUT2D eigenvalue weighted by Gasteiger charge is 2.11. The number of hydrogen-bond donors (Lipinski definition) is 0. The van der Waals surface area contributed by atoms with Crippen LogP contribution in [0.3, 0.4) is 0 Å². The summed E-state index contributed by atoms with van der Waals surface area (Å²) in [5, 5.41) is 0. The van der Waals surface area contributed by atoms with Crippen molar-refractivity contribution < 1.29 is 13.9 Å². The van der Waals surface area contributed by atoms with Gasteiger partial charge in [-0.3, -0.25) is 4.79 Å². The molecule has 1 rings (SSSR count). The summed E-state index contributed by atoms with van der Waals surface area (Å²) >= 11 is 0. The van der Waals surface area contributed by atoms with E-state index in [1.165, 1.54) is 18.1 Å². The number of ether oxygens (including phenoxy) is 1. The molecule has 0 bridgehead atoms. The van der Waals surface area contributed by atoms with Crippen LogP contribution in [-0.2, 0) is 16.0 Å². The van der Waals surface area contributed by atoms with Gasteiger partial charge in [-0.15, -0.1) is 0 Å². The van der Waals surface area contributed by atoms with Gasteiger partial charge in [-0.2, -0.15) is 0 Å². The molecule has 1 aromatic rings. The van der Waals surface area contributed by atoms with Crippen LogP contribution in [0.2, 0.25) is 0 Å². The smallest absolute Gasteiger partial charge is 0.303 e. The van der Waals surface area contributed by atoms with Gasteiger partial charge in [-0.25, -0.2) is 0 Å². The van der Waals surface area contributed by atoms with E-state index in [0.717, 1.165) is 18.4 Å². The van der Waals surface area contributed by atoms with Crippen molar-refractivity contribution in [3.8, 4) is 0 Å². The second-order valence-electron chi connectivity index (χ2n) is 5.32. The molecule has 0 radical (unpaired) electrons. The molecule has 0 aliphatic rings. The van der Waals surface area contributed by atoms with E-state index < -0.39 is 0 Å². The van der Waals surface area contributed by atoms with E-state index >= 15 is 0 Å². The molecule has 1 atom stereocenters. The van der Waals surface area contributed by atoms with Crippen molar-refractivity contribution in [1.82, 2.24) is 0 Å². The molecule has 3 nitrogen and oxygen atoms in total. The Hall–Kier alpha value is -1.77. The number of carbonyl (C=O) groups is 1. The maximum Gasteiger partial charge on any atom is 0.303 e. The third kappa shape index (κ3) is 6.98. The van der Waals surface area contributed by atoms with Crippen LogP contribution in [0.1, 0.15) is 46.1 Å². The van der Waals surface area contributed by atoms with Gasteiger partial charge in [0.25, 0.3) is 0 Å². The van der Waals surface area contributed by atoms with Crippen molar-refractivity contribution in [2.75, 3.05) is 0 Å². The topological polar surface area (TPSA) is 39.4 Å². The van der Waals surface area contributed by atoms with E-state index in [2.05, 4.69) is 26.8 Å². The Bertz CT molecular complexity index is 462. The highest BCUT2D eigenvalue weighted by Crippen LogP contribution is 2.13. The summed E-state index contributed by atoms with van der Waals surface area (Å²) in [6.07, 6.45) is 9.99. The lowest BCUT2D eigenvalue weighted by Crippen LogP contribution is -2.17. The molecule has 0 amide bonds. The fourth-order valence-corrected chi connectivity index (χ4v) is 1.98. The molecule has 20 heavy (non-hydrogen) atoms. The third-order valence-corrected chi connectivity index (χ3v) is 2.90. The fraction of sp³-hybridized carbons (Fsp3) is 0.471.